The number of aromatic nitrogens is 2. The van der Waals surface area contributed by atoms with E-state index in [1.165, 1.54) is 3.57 Å². The van der Waals surface area contributed by atoms with Gasteiger partial charge in [-0.2, -0.15) is 0 Å². The van der Waals surface area contributed by atoms with Crippen molar-refractivity contribution in [3.05, 3.63) is 31.2 Å². The lowest BCUT2D eigenvalue weighted by Crippen LogP contribution is -2.37. The molecular formula is C14H17BrIN3S. The van der Waals surface area contributed by atoms with Gasteiger partial charge in [0.1, 0.15) is 10.0 Å². The van der Waals surface area contributed by atoms with Crippen molar-refractivity contribution in [3.8, 4) is 10.6 Å². The summed E-state index contributed by atoms with van der Waals surface area (Å²) in [4.78, 5) is 0. The predicted molar refractivity (Wildman–Crippen MR) is 97.2 cm³/mol. The fraction of sp³-hybridized carbons (Fsp3) is 0.429. The van der Waals surface area contributed by atoms with Crippen LogP contribution in [0.15, 0.2) is 22.7 Å². The van der Waals surface area contributed by atoms with Gasteiger partial charge >= 0.3 is 0 Å². The molecule has 6 heteroatoms. The van der Waals surface area contributed by atoms with Gasteiger partial charge in [0, 0.05) is 32.1 Å². The number of nitrogens with zero attached hydrogens (tertiary/aromatic N) is 2. The number of hydrogen-bond donors (Lipinski definition) is 1. The van der Waals surface area contributed by atoms with E-state index < -0.39 is 0 Å². The molecule has 1 N–H and O–H groups in total. The number of hydrogen-bond acceptors (Lipinski definition) is 4. The second-order valence-corrected chi connectivity index (χ2v) is 8.69. The number of halogens is 2. The lowest BCUT2D eigenvalue weighted by molar-refractivity contribution is 0.429. The largest absolute Gasteiger partial charge is 0.312 e. The highest BCUT2D eigenvalue weighted by Gasteiger charge is 2.12. The Hall–Kier alpha value is -0.0500. The van der Waals surface area contributed by atoms with Gasteiger partial charge in [-0.1, -0.05) is 27.3 Å². The molecule has 0 radical (unpaired) electrons. The van der Waals surface area contributed by atoms with E-state index in [4.69, 9.17) is 0 Å². The first kappa shape index (κ1) is 16.3. The highest BCUT2D eigenvalue weighted by molar-refractivity contribution is 14.1. The maximum absolute atomic E-state index is 4.32. The van der Waals surface area contributed by atoms with E-state index in [9.17, 15) is 0 Å². The molecule has 2 rings (SSSR count). The highest BCUT2D eigenvalue weighted by atomic mass is 127. The normalized spacial score (nSPS) is 11.8. The third kappa shape index (κ3) is 4.75. The molecule has 0 fully saturated rings. The van der Waals surface area contributed by atoms with Gasteiger partial charge in [-0.15, -0.1) is 10.2 Å². The van der Waals surface area contributed by atoms with Gasteiger partial charge in [-0.05, 0) is 61.6 Å². The van der Waals surface area contributed by atoms with Crippen LogP contribution in [0.4, 0.5) is 0 Å². The van der Waals surface area contributed by atoms with Crippen molar-refractivity contribution in [3.63, 3.8) is 0 Å². The third-order valence-corrected chi connectivity index (χ3v) is 5.07. The van der Waals surface area contributed by atoms with E-state index in [0.717, 1.165) is 33.0 Å². The molecule has 0 spiro atoms. The van der Waals surface area contributed by atoms with Gasteiger partial charge in [0.25, 0.3) is 0 Å². The van der Waals surface area contributed by atoms with E-state index >= 15 is 0 Å². The molecule has 0 amide bonds. The fourth-order valence-electron chi connectivity index (χ4n) is 1.67. The van der Waals surface area contributed by atoms with Crippen molar-refractivity contribution >= 4 is 49.9 Å². The monoisotopic (exact) mass is 465 g/mol. The smallest absolute Gasteiger partial charge is 0.148 e. The minimum atomic E-state index is 0.146. The van der Waals surface area contributed by atoms with Crippen molar-refractivity contribution < 1.29 is 0 Å². The lowest BCUT2D eigenvalue weighted by Gasteiger charge is -2.19. The molecule has 0 atom stereocenters. The average Bonchev–Trinajstić information content (AvgIpc) is 2.79. The standard InChI is InChI=1S/C14H17BrIN3S/c1-14(2,3)17-7-6-12-18-19-13(20-12)10-8-9(15)4-5-11(10)16/h4-5,8,17H,6-7H2,1-3H3. The van der Waals surface area contributed by atoms with Crippen LogP contribution >= 0.6 is 49.9 Å². The molecule has 1 aromatic heterocycles. The molecule has 0 aliphatic rings. The van der Waals surface area contributed by atoms with Crippen molar-refractivity contribution in [1.82, 2.24) is 15.5 Å². The number of rotatable bonds is 4. The minimum Gasteiger partial charge on any atom is -0.312 e. The molecule has 0 aliphatic carbocycles. The van der Waals surface area contributed by atoms with Crippen LogP contribution in [0.2, 0.25) is 0 Å². The fourth-order valence-corrected chi connectivity index (χ4v) is 3.67. The zero-order valence-electron chi connectivity index (χ0n) is 11.7. The van der Waals surface area contributed by atoms with E-state index in [-0.39, 0.29) is 5.54 Å². The average molecular weight is 466 g/mol. The van der Waals surface area contributed by atoms with Gasteiger partial charge in [0.05, 0.1) is 0 Å². The molecular weight excluding hydrogens is 449 g/mol. The minimum absolute atomic E-state index is 0.146. The number of benzene rings is 1. The summed E-state index contributed by atoms with van der Waals surface area (Å²) in [7, 11) is 0. The maximum Gasteiger partial charge on any atom is 0.148 e. The zero-order chi connectivity index (χ0) is 14.8. The summed E-state index contributed by atoms with van der Waals surface area (Å²) < 4.78 is 2.26. The molecule has 0 bridgehead atoms. The van der Waals surface area contributed by atoms with E-state index in [0.29, 0.717) is 0 Å². The molecule has 0 aliphatic heterocycles. The van der Waals surface area contributed by atoms with Gasteiger partial charge in [-0.25, -0.2) is 0 Å². The summed E-state index contributed by atoms with van der Waals surface area (Å²) >= 11 is 7.51. The van der Waals surface area contributed by atoms with Crippen molar-refractivity contribution in [1.29, 1.82) is 0 Å². The molecule has 2 aromatic rings. The summed E-state index contributed by atoms with van der Waals surface area (Å²) in [6.45, 7) is 7.43. The van der Waals surface area contributed by atoms with Gasteiger partial charge < -0.3 is 5.32 Å². The summed E-state index contributed by atoms with van der Waals surface area (Å²) in [6.07, 6.45) is 0.916. The highest BCUT2D eigenvalue weighted by Crippen LogP contribution is 2.30. The van der Waals surface area contributed by atoms with Crippen LogP contribution in [0.1, 0.15) is 25.8 Å². The first-order valence-electron chi connectivity index (χ1n) is 6.38. The Labute approximate surface area is 145 Å². The Kier molecular flexibility index (Phi) is 5.56. The van der Waals surface area contributed by atoms with E-state index in [1.54, 1.807) is 11.3 Å². The summed E-state index contributed by atoms with van der Waals surface area (Å²) in [5, 5.41) is 14.1. The van der Waals surface area contributed by atoms with Gasteiger partial charge in [0.15, 0.2) is 0 Å². The number of nitrogens with one attached hydrogen (secondary N) is 1. The topological polar surface area (TPSA) is 37.8 Å². The summed E-state index contributed by atoms with van der Waals surface area (Å²) in [5.74, 6) is 0. The van der Waals surface area contributed by atoms with Gasteiger partial charge in [-0.3, -0.25) is 0 Å². The molecule has 0 saturated carbocycles. The van der Waals surface area contributed by atoms with Crippen LogP contribution in [0.5, 0.6) is 0 Å². The second kappa shape index (κ2) is 6.81. The second-order valence-electron chi connectivity index (χ2n) is 5.55. The van der Waals surface area contributed by atoms with Crippen LogP contribution in [0, 0.1) is 3.57 Å². The Balaban J connectivity index is 2.07. The molecule has 3 nitrogen and oxygen atoms in total. The molecule has 108 valence electrons. The Bertz CT molecular complexity index is 592. The molecule has 1 heterocycles. The maximum atomic E-state index is 4.32. The third-order valence-electron chi connectivity index (χ3n) is 2.62. The Morgan fingerprint density at radius 3 is 2.75 bits per heavy atom. The van der Waals surface area contributed by atoms with Crippen LogP contribution in [-0.4, -0.2) is 22.3 Å². The lowest BCUT2D eigenvalue weighted by atomic mass is 10.1. The van der Waals surface area contributed by atoms with Crippen LogP contribution in [0.3, 0.4) is 0 Å². The Morgan fingerprint density at radius 2 is 2.05 bits per heavy atom. The Morgan fingerprint density at radius 1 is 1.30 bits per heavy atom. The zero-order valence-corrected chi connectivity index (χ0v) is 16.3. The van der Waals surface area contributed by atoms with Crippen LogP contribution in [0.25, 0.3) is 10.6 Å². The van der Waals surface area contributed by atoms with Crippen LogP contribution < -0.4 is 5.32 Å². The SMILES string of the molecule is CC(C)(C)NCCc1nnc(-c2cc(Br)ccc2I)s1. The summed E-state index contributed by atoms with van der Waals surface area (Å²) in [5.41, 5.74) is 1.29. The van der Waals surface area contributed by atoms with Gasteiger partial charge in [0.2, 0.25) is 0 Å². The first-order valence-corrected chi connectivity index (χ1v) is 9.07. The van der Waals surface area contributed by atoms with Crippen LogP contribution in [-0.2, 0) is 6.42 Å². The van der Waals surface area contributed by atoms with Crippen molar-refractivity contribution in [2.75, 3.05) is 6.54 Å². The summed E-state index contributed by atoms with van der Waals surface area (Å²) in [6, 6.07) is 6.22. The van der Waals surface area contributed by atoms with E-state index in [2.05, 4.69) is 86.9 Å². The van der Waals surface area contributed by atoms with Crippen molar-refractivity contribution in [2.24, 2.45) is 0 Å². The molecule has 1 aromatic carbocycles. The molecule has 0 saturated heterocycles. The quantitative estimate of drug-likeness (QED) is 0.675. The van der Waals surface area contributed by atoms with E-state index in [1.807, 2.05) is 6.07 Å². The van der Waals surface area contributed by atoms with Crippen molar-refractivity contribution in [2.45, 2.75) is 32.7 Å². The molecule has 0 unspecified atom stereocenters. The molecule has 20 heavy (non-hydrogen) atoms. The predicted octanol–water partition coefficient (Wildman–Crippen LogP) is 4.50. The first-order chi connectivity index (χ1) is 9.35.